The van der Waals surface area contributed by atoms with Gasteiger partial charge in [0.05, 0.1) is 25.9 Å². The molecule has 1 aliphatic carbocycles. The molecule has 0 radical (unpaired) electrons. The Kier molecular flexibility index (Phi) is 8.26. The molecule has 19 nitrogen and oxygen atoms in total. The van der Waals surface area contributed by atoms with Crippen LogP contribution in [0.4, 0.5) is 5.82 Å². The average molecular weight is 714 g/mol. The smallest absolute Gasteiger partial charge is 0.382 e. The molecule has 2 aliphatic rings. The highest BCUT2D eigenvalue weighted by Gasteiger charge is 2.44. The highest BCUT2D eigenvalue weighted by atomic mass is 32.7. The molecule has 1 aliphatic heterocycles. The number of aromatic amines is 1. The Hall–Kier alpha value is -2.87. The Morgan fingerprint density at radius 2 is 1.80 bits per heavy atom. The number of nitrogens with zero attached hydrogens (tertiary/aromatic N) is 9. The maximum Gasteiger partial charge on any atom is 0.386 e. The molecule has 1 unspecified atom stereocenters. The van der Waals surface area contributed by atoms with Crippen molar-refractivity contribution in [2.45, 2.75) is 44.2 Å². The van der Waals surface area contributed by atoms with Gasteiger partial charge in [0.2, 0.25) is 5.78 Å². The van der Waals surface area contributed by atoms with E-state index in [1.54, 1.807) is 10.9 Å². The number of nitrogens with one attached hydrogen (secondary N) is 1. The second kappa shape index (κ2) is 12.0. The van der Waals surface area contributed by atoms with Crippen molar-refractivity contribution in [1.29, 1.82) is 0 Å². The summed E-state index contributed by atoms with van der Waals surface area (Å²) in [5.74, 6) is 0.611. The molecule has 7 rings (SSSR count). The Bertz CT molecular complexity index is 2090. The third-order valence-corrected chi connectivity index (χ3v) is 11.9. The largest absolute Gasteiger partial charge is 0.386 e. The predicted octanol–water partition coefficient (Wildman–Crippen LogP) is 2.81. The van der Waals surface area contributed by atoms with Crippen LogP contribution < -0.4 is 11.3 Å². The van der Waals surface area contributed by atoms with Crippen LogP contribution in [0, 0.1) is 11.8 Å². The Morgan fingerprint density at radius 1 is 1.04 bits per heavy atom. The van der Waals surface area contributed by atoms with E-state index >= 15 is 0 Å². The van der Waals surface area contributed by atoms with E-state index < -0.39 is 32.0 Å². The fourth-order valence-electron chi connectivity index (χ4n) is 5.85. The van der Waals surface area contributed by atoms with E-state index in [-0.39, 0.29) is 54.4 Å². The van der Waals surface area contributed by atoms with Crippen LogP contribution in [0.1, 0.15) is 32.0 Å². The van der Waals surface area contributed by atoms with Crippen molar-refractivity contribution in [3.63, 3.8) is 0 Å². The van der Waals surface area contributed by atoms with Crippen molar-refractivity contribution in [3.8, 4) is 0 Å². The number of imidazole rings is 2. The number of thiol groups is 2. The minimum Gasteiger partial charge on any atom is -0.382 e. The first-order valence-electron chi connectivity index (χ1n) is 14.0. The lowest BCUT2D eigenvalue weighted by Crippen LogP contribution is -2.39. The van der Waals surface area contributed by atoms with E-state index in [9.17, 15) is 13.9 Å². The van der Waals surface area contributed by atoms with Gasteiger partial charge in [0.15, 0.2) is 17.0 Å². The lowest BCUT2D eigenvalue weighted by Gasteiger charge is -2.43. The molecule has 2 fully saturated rings. The molecule has 5 aromatic heterocycles. The predicted molar refractivity (Wildman–Crippen MR) is 168 cm³/mol. The van der Waals surface area contributed by atoms with Crippen molar-refractivity contribution in [2.24, 2.45) is 11.8 Å². The van der Waals surface area contributed by atoms with Crippen LogP contribution in [0.2, 0.25) is 0 Å². The topological polar surface area (TPSA) is 231 Å². The van der Waals surface area contributed by atoms with Gasteiger partial charge < -0.3 is 29.1 Å². The number of nitrogen functional groups attached to an aromatic ring is 1. The zero-order valence-electron chi connectivity index (χ0n) is 24.3. The van der Waals surface area contributed by atoms with Crippen LogP contribution in [0.15, 0.2) is 30.1 Å². The van der Waals surface area contributed by atoms with Gasteiger partial charge in [0.1, 0.15) is 42.3 Å². The average Bonchev–Trinajstić information content (AvgIpc) is 3.82. The van der Waals surface area contributed by atoms with Crippen LogP contribution in [0.5, 0.6) is 0 Å². The molecule has 0 amide bonds. The van der Waals surface area contributed by atoms with Gasteiger partial charge in [-0.15, -0.1) is 10.2 Å². The fourth-order valence-corrected chi connectivity index (χ4v) is 8.06. The summed E-state index contributed by atoms with van der Waals surface area (Å²) in [6, 6.07) is 0.00548. The molecule has 46 heavy (non-hydrogen) atoms. The Morgan fingerprint density at radius 3 is 2.59 bits per heavy atom. The number of fused-ring (bicyclic) bond motifs is 3. The number of rotatable bonds is 11. The van der Waals surface area contributed by atoms with Crippen molar-refractivity contribution < 1.29 is 32.0 Å². The zero-order valence-corrected chi connectivity index (χ0v) is 27.8. The first-order chi connectivity index (χ1) is 21.9. The van der Waals surface area contributed by atoms with Gasteiger partial charge in [-0.05, 0) is 18.3 Å². The quantitative estimate of drug-likeness (QED) is 0.114. The summed E-state index contributed by atoms with van der Waals surface area (Å²) in [5.41, 5.74) is 7.26. The number of anilines is 1. The van der Waals surface area contributed by atoms with Crippen LogP contribution in [0.3, 0.4) is 0 Å². The number of H-pyrrole nitrogens is 1. The second-order valence-corrected chi connectivity index (χ2v) is 16.9. The molecule has 1 saturated heterocycles. The molecule has 3 N–H and O–H groups in total. The van der Waals surface area contributed by atoms with E-state index in [0.717, 1.165) is 0 Å². The number of hydrogen-bond donors (Lipinski definition) is 4. The fraction of sp³-hybridized carbons (Fsp3) is 0.522. The van der Waals surface area contributed by atoms with E-state index in [2.05, 4.69) is 59.6 Å². The molecule has 0 spiro atoms. The number of hydrogen-bond acceptors (Lipinski definition) is 15. The highest BCUT2D eigenvalue weighted by molar-refractivity contribution is 8.44. The molecule has 246 valence electrons. The van der Waals surface area contributed by atoms with Gasteiger partial charge in [-0.25, -0.2) is 33.5 Å². The summed E-state index contributed by atoms with van der Waals surface area (Å²) < 4.78 is 58.6. The van der Waals surface area contributed by atoms with E-state index in [4.69, 9.17) is 28.6 Å². The molecule has 0 aromatic carbocycles. The van der Waals surface area contributed by atoms with Gasteiger partial charge in [-0.2, -0.15) is 0 Å². The highest BCUT2D eigenvalue weighted by Crippen LogP contribution is 2.58. The van der Waals surface area contributed by atoms with Gasteiger partial charge in [0.25, 0.3) is 5.56 Å². The third kappa shape index (κ3) is 5.77. The van der Waals surface area contributed by atoms with Gasteiger partial charge in [0, 0.05) is 19.6 Å². The second-order valence-electron chi connectivity index (χ2n) is 11.0. The first-order valence-corrected chi connectivity index (χ1v) is 19.4. The normalized spacial score (nSPS) is 27.7. The van der Waals surface area contributed by atoms with Crippen LogP contribution in [0.25, 0.3) is 28.1 Å². The van der Waals surface area contributed by atoms with Gasteiger partial charge in [-0.1, -0.05) is 31.4 Å². The SMILES string of the molecule is COP(=O)(S)OC[C@H]1O[C@@H](n2cnc3c(N)ncnc32)C[C@@H]1O[P@](=O)(S)OC[C@H]1C[C@@H](n2cnc3c(=O)n4cnnc4[nH]c32)[C@@H]1C. The molecule has 0 bridgehead atoms. The molecule has 23 heteroatoms. The molecular formula is C23H29N11O8P2S2. The van der Waals surface area contributed by atoms with Crippen molar-refractivity contribution >= 4 is 72.0 Å². The maximum atomic E-state index is 13.5. The lowest BCUT2D eigenvalue weighted by molar-refractivity contribution is -0.0373. The number of ether oxygens (including phenoxy) is 1. The minimum atomic E-state index is -3.93. The van der Waals surface area contributed by atoms with Crippen LogP contribution in [-0.2, 0) is 32.0 Å². The minimum absolute atomic E-state index is 0.00548. The van der Waals surface area contributed by atoms with Crippen LogP contribution in [-0.4, -0.2) is 81.2 Å². The van der Waals surface area contributed by atoms with Crippen molar-refractivity contribution in [1.82, 2.24) is 48.7 Å². The van der Waals surface area contributed by atoms with Crippen LogP contribution >= 0.6 is 38.1 Å². The molecular weight excluding hydrogens is 684 g/mol. The standard InChI is InChI=1S/C23H29N11O8P2S2/c1-11-12(3-13(11)32-8-28-18-21(32)30-23-31-29-10-34(23)22(18)35)5-39-44(37,46)42-14-4-16(41-15(14)6-40-43(36,45)38-2)33-9-27-17-19(24)25-7-26-20(17)33/h7-16H,3-6H2,1-2H3,(H,30,31)(H,36,45)(H,37,46)(H2,24,25,26)/t11-,12-,13-,14+,15-,16-,43?,44-/m1/s1. The Balaban J connectivity index is 1.02. The van der Waals surface area contributed by atoms with E-state index in [1.807, 2.05) is 11.5 Å². The summed E-state index contributed by atoms with van der Waals surface area (Å²) in [4.78, 5) is 32.6. The molecule has 1 saturated carbocycles. The Labute approximate surface area is 269 Å². The zero-order chi connectivity index (χ0) is 32.4. The maximum absolute atomic E-state index is 13.5. The molecule has 8 atom stereocenters. The third-order valence-electron chi connectivity index (χ3n) is 8.48. The summed E-state index contributed by atoms with van der Waals surface area (Å²) in [7, 11) is 1.20. The molecule has 5 aromatic rings. The van der Waals surface area contributed by atoms with E-state index in [0.29, 0.717) is 29.0 Å². The monoisotopic (exact) mass is 713 g/mol. The van der Waals surface area contributed by atoms with Crippen molar-refractivity contribution in [2.75, 3.05) is 26.1 Å². The summed E-state index contributed by atoms with van der Waals surface area (Å²) in [6.45, 7) is -5.71. The summed E-state index contributed by atoms with van der Waals surface area (Å²) >= 11 is 8.16. The van der Waals surface area contributed by atoms with Gasteiger partial charge >= 0.3 is 13.6 Å². The number of aromatic nitrogens is 10. The van der Waals surface area contributed by atoms with Crippen molar-refractivity contribution in [3.05, 3.63) is 35.7 Å². The molecule has 6 heterocycles. The van der Waals surface area contributed by atoms with E-state index in [1.165, 1.54) is 30.5 Å². The van der Waals surface area contributed by atoms with Gasteiger partial charge in [-0.3, -0.25) is 18.4 Å². The number of nitrogens with two attached hydrogens (primary N) is 1. The summed E-state index contributed by atoms with van der Waals surface area (Å²) in [6.07, 6.45) is 4.20. The first kappa shape index (κ1) is 31.7. The summed E-state index contributed by atoms with van der Waals surface area (Å²) in [5, 5.41) is 7.72. The lowest BCUT2D eigenvalue weighted by atomic mass is 9.70.